The molecule has 0 radical (unpaired) electrons. The van der Waals surface area contributed by atoms with Gasteiger partial charge in [0, 0.05) is 10.9 Å². The Labute approximate surface area is 113 Å². The first-order valence-corrected chi connectivity index (χ1v) is 6.16. The van der Waals surface area contributed by atoms with Gasteiger partial charge in [-0.1, -0.05) is 39.7 Å². The van der Waals surface area contributed by atoms with Crippen molar-refractivity contribution >= 4 is 27.5 Å². The Morgan fingerprint density at radius 2 is 2.12 bits per heavy atom. The van der Waals surface area contributed by atoms with E-state index in [2.05, 4.69) is 26.1 Å². The minimum atomic E-state index is 0.352. The average Bonchev–Trinajstić information content (AvgIpc) is 2.29. The molecule has 88 valence electrons. The molecule has 0 N–H and O–H groups in total. The van der Waals surface area contributed by atoms with Crippen LogP contribution in [-0.4, -0.2) is 17.3 Å². The number of methoxy groups -OCH3 is 1. The predicted octanol–water partition coefficient (Wildman–Crippen LogP) is 3.49. The van der Waals surface area contributed by atoms with Crippen molar-refractivity contribution < 1.29 is 4.74 Å². The second-order valence-corrected chi connectivity index (χ2v) is 4.82. The molecule has 0 amide bonds. The smallest absolute Gasteiger partial charge is 0.252 e. The molecule has 1 aromatic carbocycles. The van der Waals surface area contributed by atoms with E-state index in [1.807, 2.05) is 24.3 Å². The van der Waals surface area contributed by atoms with Crippen LogP contribution in [0.5, 0.6) is 5.88 Å². The van der Waals surface area contributed by atoms with Gasteiger partial charge in [0.05, 0.1) is 12.8 Å². The predicted molar refractivity (Wildman–Crippen MR) is 70.5 cm³/mol. The van der Waals surface area contributed by atoms with Crippen LogP contribution in [0, 0.1) is 0 Å². The van der Waals surface area contributed by atoms with Crippen LogP contribution in [0.4, 0.5) is 0 Å². The van der Waals surface area contributed by atoms with Crippen molar-refractivity contribution in [3.8, 4) is 5.88 Å². The Bertz CT molecular complexity index is 534. The van der Waals surface area contributed by atoms with E-state index in [1.54, 1.807) is 6.07 Å². The van der Waals surface area contributed by atoms with Crippen LogP contribution in [0.15, 0.2) is 34.8 Å². The monoisotopic (exact) mass is 312 g/mol. The van der Waals surface area contributed by atoms with Gasteiger partial charge >= 0.3 is 0 Å². The summed E-state index contributed by atoms with van der Waals surface area (Å²) in [4.78, 5) is 0. The van der Waals surface area contributed by atoms with E-state index in [4.69, 9.17) is 16.3 Å². The van der Waals surface area contributed by atoms with E-state index in [0.29, 0.717) is 17.3 Å². The zero-order chi connectivity index (χ0) is 12.3. The lowest BCUT2D eigenvalue weighted by Crippen LogP contribution is -1.98. The third-order valence-corrected chi connectivity index (χ3v) is 3.00. The van der Waals surface area contributed by atoms with Gasteiger partial charge in [0.2, 0.25) is 0 Å². The molecule has 0 saturated carbocycles. The van der Waals surface area contributed by atoms with Crippen LogP contribution in [0.25, 0.3) is 0 Å². The second kappa shape index (κ2) is 5.47. The van der Waals surface area contributed by atoms with Crippen molar-refractivity contribution in [2.45, 2.75) is 6.42 Å². The van der Waals surface area contributed by atoms with Gasteiger partial charge in [-0.3, -0.25) is 0 Å². The Hall–Kier alpha value is -1.13. The summed E-state index contributed by atoms with van der Waals surface area (Å²) in [7, 11) is 1.52. The van der Waals surface area contributed by atoms with Crippen molar-refractivity contribution in [1.82, 2.24) is 10.2 Å². The normalized spacial score (nSPS) is 10.3. The topological polar surface area (TPSA) is 35.0 Å². The number of nitrogens with zero attached hydrogens (tertiary/aromatic N) is 2. The van der Waals surface area contributed by atoms with Crippen LogP contribution >= 0.6 is 27.5 Å². The Kier molecular flexibility index (Phi) is 3.97. The SMILES string of the molecule is COc1nnc(Cc2cccc(Br)c2)cc1Cl. The lowest BCUT2D eigenvalue weighted by atomic mass is 10.1. The lowest BCUT2D eigenvalue weighted by Gasteiger charge is -2.04. The molecule has 0 aliphatic rings. The summed E-state index contributed by atoms with van der Waals surface area (Å²) >= 11 is 9.42. The van der Waals surface area contributed by atoms with Crippen LogP contribution in [0.3, 0.4) is 0 Å². The van der Waals surface area contributed by atoms with Gasteiger partial charge in [-0.15, -0.1) is 5.10 Å². The summed E-state index contributed by atoms with van der Waals surface area (Å²) in [5.41, 5.74) is 1.96. The van der Waals surface area contributed by atoms with Gasteiger partial charge in [-0.25, -0.2) is 0 Å². The van der Waals surface area contributed by atoms with Crippen molar-refractivity contribution in [3.63, 3.8) is 0 Å². The van der Waals surface area contributed by atoms with E-state index in [9.17, 15) is 0 Å². The maximum absolute atomic E-state index is 5.99. The number of ether oxygens (including phenoxy) is 1. The van der Waals surface area contributed by atoms with E-state index in [-0.39, 0.29) is 0 Å². The fourth-order valence-corrected chi connectivity index (χ4v) is 2.16. The van der Waals surface area contributed by atoms with Crippen molar-refractivity contribution in [1.29, 1.82) is 0 Å². The van der Waals surface area contributed by atoms with Gasteiger partial charge in [0.25, 0.3) is 5.88 Å². The molecular formula is C12H10BrClN2O. The van der Waals surface area contributed by atoms with Crippen molar-refractivity contribution in [2.24, 2.45) is 0 Å². The number of benzene rings is 1. The second-order valence-electron chi connectivity index (χ2n) is 3.50. The summed E-state index contributed by atoms with van der Waals surface area (Å²) in [5.74, 6) is 0.352. The Morgan fingerprint density at radius 3 is 2.76 bits per heavy atom. The first-order chi connectivity index (χ1) is 8.19. The van der Waals surface area contributed by atoms with Gasteiger partial charge in [-0.05, 0) is 23.8 Å². The highest BCUT2D eigenvalue weighted by Gasteiger charge is 2.06. The van der Waals surface area contributed by atoms with Crippen LogP contribution in [0.1, 0.15) is 11.3 Å². The largest absolute Gasteiger partial charge is 0.479 e. The molecule has 0 saturated heterocycles. The quantitative estimate of drug-likeness (QED) is 0.870. The number of aromatic nitrogens is 2. The summed E-state index contributed by atoms with van der Waals surface area (Å²) in [5, 5.41) is 8.44. The van der Waals surface area contributed by atoms with Gasteiger partial charge in [0.1, 0.15) is 5.02 Å². The highest BCUT2D eigenvalue weighted by atomic mass is 79.9. The molecule has 2 aromatic rings. The number of rotatable bonds is 3. The number of hydrogen-bond acceptors (Lipinski definition) is 3. The van der Waals surface area contributed by atoms with E-state index in [0.717, 1.165) is 15.7 Å². The minimum absolute atomic E-state index is 0.352. The van der Waals surface area contributed by atoms with E-state index in [1.165, 1.54) is 7.11 Å². The van der Waals surface area contributed by atoms with Gasteiger partial charge < -0.3 is 4.74 Å². The molecule has 0 spiro atoms. The maximum Gasteiger partial charge on any atom is 0.252 e. The average molecular weight is 314 g/mol. The molecule has 0 bridgehead atoms. The zero-order valence-corrected chi connectivity index (χ0v) is 11.5. The Balaban J connectivity index is 2.22. The molecular weight excluding hydrogens is 304 g/mol. The molecule has 1 heterocycles. The first kappa shape index (κ1) is 12.3. The van der Waals surface area contributed by atoms with Crippen LogP contribution in [-0.2, 0) is 6.42 Å². The maximum atomic E-state index is 5.99. The molecule has 17 heavy (non-hydrogen) atoms. The Morgan fingerprint density at radius 1 is 1.29 bits per heavy atom. The highest BCUT2D eigenvalue weighted by Crippen LogP contribution is 2.22. The van der Waals surface area contributed by atoms with E-state index < -0.39 is 0 Å². The fraction of sp³-hybridized carbons (Fsp3) is 0.167. The third-order valence-electron chi connectivity index (χ3n) is 2.23. The number of hydrogen-bond donors (Lipinski definition) is 0. The zero-order valence-electron chi connectivity index (χ0n) is 9.15. The molecule has 3 nitrogen and oxygen atoms in total. The summed E-state index contributed by atoms with van der Waals surface area (Å²) in [6.45, 7) is 0. The molecule has 2 rings (SSSR count). The molecule has 0 aliphatic carbocycles. The summed E-state index contributed by atoms with van der Waals surface area (Å²) < 4.78 is 6.00. The fourth-order valence-electron chi connectivity index (χ4n) is 1.48. The highest BCUT2D eigenvalue weighted by molar-refractivity contribution is 9.10. The van der Waals surface area contributed by atoms with E-state index >= 15 is 0 Å². The molecule has 0 aliphatic heterocycles. The van der Waals surface area contributed by atoms with Crippen LogP contribution < -0.4 is 4.74 Å². The minimum Gasteiger partial charge on any atom is -0.479 e. The molecule has 1 aromatic heterocycles. The molecule has 0 fully saturated rings. The lowest BCUT2D eigenvalue weighted by molar-refractivity contribution is 0.391. The molecule has 0 unspecified atom stereocenters. The van der Waals surface area contributed by atoms with Crippen molar-refractivity contribution in [2.75, 3.05) is 7.11 Å². The van der Waals surface area contributed by atoms with Gasteiger partial charge in [-0.2, -0.15) is 5.10 Å². The summed E-state index contributed by atoms with van der Waals surface area (Å²) in [6.07, 6.45) is 0.691. The van der Waals surface area contributed by atoms with Crippen LogP contribution in [0.2, 0.25) is 5.02 Å². The first-order valence-electron chi connectivity index (χ1n) is 4.99. The molecule has 5 heteroatoms. The number of halogens is 2. The van der Waals surface area contributed by atoms with Crippen molar-refractivity contribution in [3.05, 3.63) is 51.1 Å². The standard InChI is InChI=1S/C12H10BrClN2O/c1-17-12-11(14)7-10(15-16-12)6-8-3-2-4-9(13)5-8/h2-5,7H,6H2,1H3. The summed E-state index contributed by atoms with van der Waals surface area (Å²) in [6, 6.07) is 9.81. The third kappa shape index (κ3) is 3.17. The van der Waals surface area contributed by atoms with Gasteiger partial charge in [0.15, 0.2) is 0 Å². The molecule has 0 atom stereocenters.